The fraction of sp³-hybridized carbons (Fsp3) is 0.250. The molecule has 0 saturated heterocycles. The summed E-state index contributed by atoms with van der Waals surface area (Å²) >= 11 is 3.33. The Hall–Kier alpha value is -1.53. The van der Waals surface area contributed by atoms with Gasteiger partial charge in [-0.15, -0.1) is 0 Å². The van der Waals surface area contributed by atoms with Crippen LogP contribution in [0, 0.1) is 6.92 Å². The monoisotopic (exact) mass is 309 g/mol. The van der Waals surface area contributed by atoms with Crippen molar-refractivity contribution in [3.8, 4) is 22.8 Å². The van der Waals surface area contributed by atoms with E-state index in [4.69, 9.17) is 15.2 Å². The van der Waals surface area contributed by atoms with Gasteiger partial charge in [0.05, 0.1) is 11.4 Å². The summed E-state index contributed by atoms with van der Waals surface area (Å²) in [6, 6.07) is 3.90. The number of ether oxygens (including phenoxy) is 2. The van der Waals surface area contributed by atoms with E-state index >= 15 is 0 Å². The number of halogens is 1. The fourth-order valence-corrected chi connectivity index (χ4v) is 2.46. The summed E-state index contributed by atoms with van der Waals surface area (Å²) in [6.07, 6.45) is 0. The zero-order valence-corrected chi connectivity index (χ0v) is 11.4. The Bertz CT molecular complexity index is 610. The lowest BCUT2D eigenvalue weighted by atomic mass is 10.0. The molecule has 0 radical (unpaired) electrons. The van der Waals surface area contributed by atoms with Crippen LogP contribution in [0.25, 0.3) is 11.3 Å². The molecular formula is C12H12BrN3O2. The highest BCUT2D eigenvalue weighted by atomic mass is 79.9. The highest BCUT2D eigenvalue weighted by Gasteiger charge is 2.19. The SMILES string of the molecule is Cc1cc2c(cc1-c1nc(Br)[nH]c1CN)OCO2. The highest BCUT2D eigenvalue weighted by Crippen LogP contribution is 2.38. The predicted molar refractivity (Wildman–Crippen MR) is 70.5 cm³/mol. The second-order valence-corrected chi connectivity index (χ2v) is 4.83. The minimum Gasteiger partial charge on any atom is -0.454 e. The number of nitrogens with zero attached hydrogens (tertiary/aromatic N) is 1. The van der Waals surface area contributed by atoms with Crippen LogP contribution in [0.15, 0.2) is 16.9 Å². The molecule has 18 heavy (non-hydrogen) atoms. The molecule has 5 nitrogen and oxygen atoms in total. The van der Waals surface area contributed by atoms with Gasteiger partial charge in [-0.05, 0) is 40.5 Å². The van der Waals surface area contributed by atoms with Crippen molar-refractivity contribution in [3.63, 3.8) is 0 Å². The lowest BCUT2D eigenvalue weighted by molar-refractivity contribution is 0.174. The van der Waals surface area contributed by atoms with E-state index in [1.807, 2.05) is 19.1 Å². The van der Waals surface area contributed by atoms with Gasteiger partial charge < -0.3 is 20.2 Å². The van der Waals surface area contributed by atoms with Gasteiger partial charge in [0, 0.05) is 12.1 Å². The lowest BCUT2D eigenvalue weighted by Gasteiger charge is -2.06. The number of aromatic nitrogens is 2. The van der Waals surface area contributed by atoms with Crippen molar-refractivity contribution in [2.24, 2.45) is 5.73 Å². The lowest BCUT2D eigenvalue weighted by Crippen LogP contribution is -1.99. The van der Waals surface area contributed by atoms with Crippen molar-refractivity contribution in [2.75, 3.05) is 6.79 Å². The molecule has 3 N–H and O–H groups in total. The van der Waals surface area contributed by atoms with Crippen molar-refractivity contribution in [1.82, 2.24) is 9.97 Å². The van der Waals surface area contributed by atoms with Gasteiger partial charge in [0.1, 0.15) is 0 Å². The molecule has 2 heterocycles. The molecule has 2 aromatic rings. The molecule has 1 aliphatic heterocycles. The third-order valence-electron chi connectivity index (χ3n) is 2.93. The minimum atomic E-state index is 0.270. The first kappa shape index (κ1) is 11.6. The number of fused-ring (bicyclic) bond motifs is 1. The normalized spacial score (nSPS) is 13.1. The Morgan fingerprint density at radius 3 is 2.83 bits per heavy atom. The van der Waals surface area contributed by atoms with E-state index in [0.717, 1.165) is 34.0 Å². The Kier molecular flexibility index (Phi) is 2.76. The zero-order chi connectivity index (χ0) is 12.7. The Labute approximate surface area is 112 Å². The molecule has 0 amide bonds. The maximum Gasteiger partial charge on any atom is 0.231 e. The topological polar surface area (TPSA) is 73.2 Å². The van der Waals surface area contributed by atoms with Gasteiger partial charge in [-0.25, -0.2) is 4.98 Å². The van der Waals surface area contributed by atoms with Crippen LogP contribution in [0.1, 0.15) is 11.3 Å². The number of H-pyrrole nitrogens is 1. The van der Waals surface area contributed by atoms with Gasteiger partial charge in [0.2, 0.25) is 6.79 Å². The fourth-order valence-electron chi connectivity index (χ4n) is 2.05. The highest BCUT2D eigenvalue weighted by molar-refractivity contribution is 9.10. The molecule has 6 heteroatoms. The van der Waals surface area contributed by atoms with Crippen LogP contribution in [-0.4, -0.2) is 16.8 Å². The average Bonchev–Trinajstić information content (AvgIpc) is 2.93. The maximum atomic E-state index is 5.72. The molecule has 0 aliphatic carbocycles. The van der Waals surface area contributed by atoms with Gasteiger partial charge in [-0.3, -0.25) is 0 Å². The number of imidazole rings is 1. The summed E-state index contributed by atoms with van der Waals surface area (Å²) in [4.78, 5) is 7.52. The van der Waals surface area contributed by atoms with Crippen LogP contribution in [-0.2, 0) is 6.54 Å². The first-order valence-electron chi connectivity index (χ1n) is 5.54. The van der Waals surface area contributed by atoms with Crippen LogP contribution in [0.4, 0.5) is 0 Å². The molecule has 0 bridgehead atoms. The molecule has 0 saturated carbocycles. The molecule has 3 rings (SSSR count). The molecule has 0 unspecified atom stereocenters. The number of hydrogen-bond donors (Lipinski definition) is 2. The van der Waals surface area contributed by atoms with E-state index in [-0.39, 0.29) is 6.79 Å². The van der Waals surface area contributed by atoms with Gasteiger partial charge >= 0.3 is 0 Å². The van der Waals surface area contributed by atoms with Crippen molar-refractivity contribution in [2.45, 2.75) is 13.5 Å². The van der Waals surface area contributed by atoms with Gasteiger partial charge in [0.25, 0.3) is 0 Å². The molecule has 1 aliphatic rings. The summed E-state index contributed by atoms with van der Waals surface area (Å²) in [7, 11) is 0. The number of nitrogens with one attached hydrogen (secondary N) is 1. The molecule has 1 aromatic carbocycles. The van der Waals surface area contributed by atoms with Crippen LogP contribution < -0.4 is 15.2 Å². The molecule has 0 spiro atoms. The minimum absolute atomic E-state index is 0.270. The average molecular weight is 310 g/mol. The summed E-state index contributed by atoms with van der Waals surface area (Å²) in [5.74, 6) is 1.53. The van der Waals surface area contributed by atoms with E-state index in [0.29, 0.717) is 11.3 Å². The molecule has 94 valence electrons. The van der Waals surface area contributed by atoms with E-state index in [1.54, 1.807) is 0 Å². The molecule has 0 fully saturated rings. The second kappa shape index (κ2) is 4.29. The van der Waals surface area contributed by atoms with E-state index in [1.165, 1.54) is 0 Å². The third-order valence-corrected chi connectivity index (χ3v) is 3.30. The predicted octanol–water partition coefficient (Wildman–Crippen LogP) is 2.34. The summed E-state index contributed by atoms with van der Waals surface area (Å²) in [5, 5.41) is 0. The van der Waals surface area contributed by atoms with E-state index in [9.17, 15) is 0 Å². The van der Waals surface area contributed by atoms with Crippen molar-refractivity contribution in [3.05, 3.63) is 28.1 Å². The quantitative estimate of drug-likeness (QED) is 0.893. The first-order chi connectivity index (χ1) is 8.69. The number of aromatic amines is 1. The number of hydrogen-bond acceptors (Lipinski definition) is 4. The van der Waals surface area contributed by atoms with Gasteiger partial charge in [-0.2, -0.15) is 0 Å². The van der Waals surface area contributed by atoms with Crippen LogP contribution >= 0.6 is 15.9 Å². The van der Waals surface area contributed by atoms with Gasteiger partial charge in [0.15, 0.2) is 16.2 Å². The van der Waals surface area contributed by atoms with E-state index in [2.05, 4.69) is 25.9 Å². The van der Waals surface area contributed by atoms with Gasteiger partial charge in [-0.1, -0.05) is 0 Å². The zero-order valence-electron chi connectivity index (χ0n) is 9.79. The summed E-state index contributed by atoms with van der Waals surface area (Å²) in [5.41, 5.74) is 9.53. The van der Waals surface area contributed by atoms with Crippen molar-refractivity contribution >= 4 is 15.9 Å². The maximum absolute atomic E-state index is 5.72. The van der Waals surface area contributed by atoms with Crippen LogP contribution in [0.3, 0.4) is 0 Å². The largest absolute Gasteiger partial charge is 0.454 e. The second-order valence-electron chi connectivity index (χ2n) is 4.08. The number of rotatable bonds is 2. The third kappa shape index (κ3) is 1.77. The number of nitrogens with two attached hydrogens (primary N) is 1. The van der Waals surface area contributed by atoms with Crippen LogP contribution in [0.5, 0.6) is 11.5 Å². The van der Waals surface area contributed by atoms with Crippen molar-refractivity contribution < 1.29 is 9.47 Å². The first-order valence-corrected chi connectivity index (χ1v) is 6.33. The molecule has 0 atom stereocenters. The molecular weight excluding hydrogens is 298 g/mol. The summed E-state index contributed by atoms with van der Waals surface area (Å²) in [6.45, 7) is 2.69. The smallest absolute Gasteiger partial charge is 0.231 e. The summed E-state index contributed by atoms with van der Waals surface area (Å²) < 4.78 is 11.4. The van der Waals surface area contributed by atoms with E-state index < -0.39 is 0 Å². The Morgan fingerprint density at radius 2 is 2.11 bits per heavy atom. The number of benzene rings is 1. The Morgan fingerprint density at radius 1 is 1.39 bits per heavy atom. The molecule has 1 aromatic heterocycles. The van der Waals surface area contributed by atoms with Crippen LogP contribution in [0.2, 0.25) is 0 Å². The standard InChI is InChI=1S/C12H12BrN3O2/c1-6-2-9-10(18-5-17-9)3-7(6)11-8(4-14)15-12(13)16-11/h2-3H,4-5,14H2,1H3,(H,15,16). The Balaban J connectivity index is 2.16. The van der Waals surface area contributed by atoms with Crippen molar-refractivity contribution in [1.29, 1.82) is 0 Å². The number of aryl methyl sites for hydroxylation is 1.